The number of fused-ring (bicyclic) bond motifs is 3. The predicted molar refractivity (Wildman–Crippen MR) is 115 cm³/mol. The van der Waals surface area contributed by atoms with E-state index in [9.17, 15) is 4.79 Å². The Morgan fingerprint density at radius 2 is 1.59 bits per heavy atom. The molecule has 3 aromatic carbocycles. The topological polar surface area (TPSA) is 81.7 Å². The van der Waals surface area contributed by atoms with Crippen LogP contribution >= 0.6 is 0 Å². The van der Waals surface area contributed by atoms with Gasteiger partial charge in [0.2, 0.25) is 6.79 Å². The molecule has 0 atom stereocenters. The van der Waals surface area contributed by atoms with Crippen molar-refractivity contribution in [2.24, 2.45) is 0 Å². The van der Waals surface area contributed by atoms with Crippen molar-refractivity contribution in [1.29, 1.82) is 0 Å². The van der Waals surface area contributed by atoms with Crippen molar-refractivity contribution in [2.45, 2.75) is 6.61 Å². The summed E-state index contributed by atoms with van der Waals surface area (Å²) < 4.78 is 38.8. The average Bonchev–Trinajstić information content (AvgIpc) is 3.44. The van der Waals surface area contributed by atoms with Crippen molar-refractivity contribution in [3.8, 4) is 39.9 Å². The molecule has 2 aliphatic heterocycles. The molecule has 0 aromatic heterocycles. The van der Waals surface area contributed by atoms with Gasteiger partial charge in [-0.2, -0.15) is 0 Å². The van der Waals surface area contributed by atoms with Crippen molar-refractivity contribution in [3.05, 3.63) is 41.5 Å². The molecule has 166 valence electrons. The molecule has 0 spiro atoms. The average molecular weight is 438 g/mol. The number of hydrogen-bond donors (Lipinski definition) is 0. The van der Waals surface area contributed by atoms with Gasteiger partial charge in [0.15, 0.2) is 23.0 Å². The van der Waals surface area contributed by atoms with E-state index in [0.29, 0.717) is 53.1 Å². The fraction of sp³-hybridized carbons (Fsp3) is 0.292. The molecule has 0 saturated heterocycles. The molecule has 0 aliphatic carbocycles. The number of esters is 1. The van der Waals surface area contributed by atoms with Crippen LogP contribution in [-0.4, -0.2) is 47.3 Å². The first-order valence-electron chi connectivity index (χ1n) is 10.1. The first kappa shape index (κ1) is 20.3. The molecule has 0 bridgehead atoms. The summed E-state index contributed by atoms with van der Waals surface area (Å²) in [5.41, 5.74) is 2.68. The van der Waals surface area contributed by atoms with Crippen LogP contribution in [0.5, 0.6) is 28.7 Å². The Balaban J connectivity index is 1.83. The molecule has 0 radical (unpaired) electrons. The van der Waals surface area contributed by atoms with Gasteiger partial charge in [0.1, 0.15) is 19.0 Å². The highest BCUT2D eigenvalue weighted by Gasteiger charge is 2.33. The minimum absolute atomic E-state index is 0.123. The molecule has 0 amide bonds. The fourth-order valence-electron chi connectivity index (χ4n) is 4.15. The van der Waals surface area contributed by atoms with Gasteiger partial charge < -0.3 is 33.2 Å². The second-order valence-corrected chi connectivity index (χ2v) is 7.30. The summed E-state index contributed by atoms with van der Waals surface area (Å²) in [6.07, 6.45) is 0. The number of benzene rings is 3. The van der Waals surface area contributed by atoms with Crippen LogP contribution in [0, 0.1) is 0 Å². The van der Waals surface area contributed by atoms with E-state index >= 15 is 0 Å². The SMILES string of the molecule is COCCOc1c2c(c(-c3ccc4c(c3)OCO4)c3cc(OC)c(OC)cc13)C(=O)OC2. The summed E-state index contributed by atoms with van der Waals surface area (Å²) in [5.74, 6) is 2.55. The Morgan fingerprint density at radius 3 is 2.34 bits per heavy atom. The fourth-order valence-corrected chi connectivity index (χ4v) is 4.15. The van der Waals surface area contributed by atoms with Gasteiger partial charge in [-0.25, -0.2) is 4.79 Å². The molecule has 32 heavy (non-hydrogen) atoms. The van der Waals surface area contributed by atoms with Gasteiger partial charge in [-0.15, -0.1) is 0 Å². The number of methoxy groups -OCH3 is 3. The minimum Gasteiger partial charge on any atom is -0.493 e. The molecule has 8 nitrogen and oxygen atoms in total. The first-order chi connectivity index (χ1) is 15.7. The maximum absolute atomic E-state index is 12.9. The van der Waals surface area contributed by atoms with Crippen molar-refractivity contribution >= 4 is 16.7 Å². The third kappa shape index (κ3) is 3.15. The lowest BCUT2D eigenvalue weighted by Gasteiger charge is -2.19. The van der Waals surface area contributed by atoms with Crippen LogP contribution in [0.3, 0.4) is 0 Å². The second kappa shape index (κ2) is 8.12. The molecular formula is C24H22O8. The lowest BCUT2D eigenvalue weighted by atomic mass is 9.89. The zero-order valence-electron chi connectivity index (χ0n) is 18.0. The van der Waals surface area contributed by atoms with E-state index in [1.54, 1.807) is 21.3 Å². The van der Waals surface area contributed by atoms with Crippen molar-refractivity contribution in [3.63, 3.8) is 0 Å². The van der Waals surface area contributed by atoms with E-state index in [-0.39, 0.29) is 13.4 Å². The third-order valence-electron chi connectivity index (χ3n) is 5.61. The van der Waals surface area contributed by atoms with Gasteiger partial charge in [-0.05, 0) is 35.2 Å². The number of carbonyl (C=O) groups is 1. The monoisotopic (exact) mass is 438 g/mol. The minimum atomic E-state index is -0.402. The van der Waals surface area contributed by atoms with E-state index in [4.69, 9.17) is 33.2 Å². The predicted octanol–water partition coefficient (Wildman–Crippen LogP) is 3.95. The van der Waals surface area contributed by atoms with Gasteiger partial charge in [0, 0.05) is 23.6 Å². The standard InChI is InChI=1S/C24H22O8/c1-26-6-7-29-23-15-10-19(28-3)18(27-2)9-14(15)21(22-16(23)11-30-24(22)25)13-4-5-17-20(8-13)32-12-31-17/h4-5,8-10H,6-7,11-12H2,1-3H3. The number of rotatable bonds is 7. The van der Waals surface area contributed by atoms with Crippen LogP contribution in [0.1, 0.15) is 15.9 Å². The lowest BCUT2D eigenvalue weighted by molar-refractivity contribution is 0.0534. The Hall–Kier alpha value is -3.65. The van der Waals surface area contributed by atoms with E-state index < -0.39 is 5.97 Å². The summed E-state index contributed by atoms with van der Waals surface area (Å²) >= 11 is 0. The molecule has 5 rings (SSSR count). The number of cyclic esters (lactones) is 1. The Kier molecular flexibility index (Phi) is 5.14. The summed E-state index contributed by atoms with van der Waals surface area (Å²) in [5, 5.41) is 1.55. The first-order valence-corrected chi connectivity index (χ1v) is 10.1. The molecule has 2 aliphatic rings. The number of ether oxygens (including phenoxy) is 7. The van der Waals surface area contributed by atoms with E-state index in [0.717, 1.165) is 21.9 Å². The maximum Gasteiger partial charge on any atom is 0.339 e. The number of carbonyl (C=O) groups excluding carboxylic acids is 1. The molecule has 0 fully saturated rings. The van der Waals surface area contributed by atoms with E-state index in [1.165, 1.54) is 0 Å². The number of hydrogen-bond acceptors (Lipinski definition) is 8. The van der Waals surface area contributed by atoms with Crippen LogP contribution in [0.4, 0.5) is 0 Å². The Morgan fingerprint density at radius 1 is 0.844 bits per heavy atom. The summed E-state index contributed by atoms with van der Waals surface area (Å²) in [4.78, 5) is 12.9. The molecule has 0 N–H and O–H groups in total. The van der Waals surface area contributed by atoms with Gasteiger partial charge >= 0.3 is 5.97 Å². The summed E-state index contributed by atoms with van der Waals surface area (Å²) in [7, 11) is 4.75. The molecule has 8 heteroatoms. The molecule has 3 aromatic rings. The second-order valence-electron chi connectivity index (χ2n) is 7.30. The smallest absolute Gasteiger partial charge is 0.339 e. The molecular weight excluding hydrogens is 416 g/mol. The Labute approximate surface area is 184 Å². The highest BCUT2D eigenvalue weighted by atomic mass is 16.7. The Bertz CT molecular complexity index is 1220. The maximum atomic E-state index is 12.9. The third-order valence-corrected chi connectivity index (χ3v) is 5.61. The van der Waals surface area contributed by atoms with Gasteiger partial charge in [0.25, 0.3) is 0 Å². The largest absolute Gasteiger partial charge is 0.493 e. The highest BCUT2D eigenvalue weighted by molar-refractivity contribution is 6.14. The lowest BCUT2D eigenvalue weighted by Crippen LogP contribution is -2.08. The van der Waals surface area contributed by atoms with Crippen molar-refractivity contribution in [1.82, 2.24) is 0 Å². The summed E-state index contributed by atoms with van der Waals surface area (Å²) in [6, 6.07) is 9.31. The van der Waals surface area contributed by atoms with Gasteiger partial charge in [-0.1, -0.05) is 6.07 Å². The normalized spacial score (nSPS) is 13.8. The van der Waals surface area contributed by atoms with E-state index in [1.807, 2.05) is 30.3 Å². The zero-order chi connectivity index (χ0) is 22.2. The van der Waals surface area contributed by atoms with Crippen LogP contribution in [0.2, 0.25) is 0 Å². The molecule has 0 unspecified atom stereocenters. The van der Waals surface area contributed by atoms with Crippen molar-refractivity contribution in [2.75, 3.05) is 41.3 Å². The van der Waals surface area contributed by atoms with E-state index in [2.05, 4.69) is 0 Å². The molecule has 2 heterocycles. The molecule has 0 saturated carbocycles. The van der Waals surface area contributed by atoms with Gasteiger partial charge in [0.05, 0.1) is 26.4 Å². The van der Waals surface area contributed by atoms with Crippen LogP contribution in [-0.2, 0) is 16.1 Å². The van der Waals surface area contributed by atoms with Crippen LogP contribution < -0.4 is 23.7 Å². The quantitative estimate of drug-likeness (QED) is 0.405. The highest BCUT2D eigenvalue weighted by Crippen LogP contribution is 2.49. The van der Waals surface area contributed by atoms with Crippen molar-refractivity contribution < 1.29 is 38.0 Å². The van der Waals surface area contributed by atoms with Gasteiger partial charge in [-0.3, -0.25) is 0 Å². The van der Waals surface area contributed by atoms with Crippen LogP contribution in [0.15, 0.2) is 30.3 Å². The zero-order valence-corrected chi connectivity index (χ0v) is 18.0. The van der Waals surface area contributed by atoms with Crippen LogP contribution in [0.25, 0.3) is 21.9 Å². The summed E-state index contributed by atoms with van der Waals surface area (Å²) in [6.45, 7) is 1.02.